The van der Waals surface area contributed by atoms with Crippen molar-refractivity contribution in [1.82, 2.24) is 15.3 Å². The third-order valence-corrected chi connectivity index (χ3v) is 3.24. The van der Waals surface area contributed by atoms with Crippen LogP contribution >= 0.6 is 0 Å². The van der Waals surface area contributed by atoms with Gasteiger partial charge in [0, 0.05) is 30.9 Å². The summed E-state index contributed by atoms with van der Waals surface area (Å²) in [4.78, 5) is 17.2. The number of nitrogens with one attached hydrogen (secondary N) is 1. The Balaban J connectivity index is 1.82. The van der Waals surface area contributed by atoms with E-state index >= 15 is 0 Å². The van der Waals surface area contributed by atoms with Crippen molar-refractivity contribution >= 4 is 5.97 Å². The first-order valence-electron chi connectivity index (χ1n) is 6.43. The number of piperidine rings is 1. The molecular formula is C13H21N3O2. The van der Waals surface area contributed by atoms with Crippen molar-refractivity contribution in [3.05, 3.63) is 18.0 Å². The molecule has 0 saturated carbocycles. The van der Waals surface area contributed by atoms with Gasteiger partial charge < -0.3 is 4.84 Å². The average molecular weight is 251 g/mol. The molecule has 1 aromatic rings. The van der Waals surface area contributed by atoms with Crippen molar-refractivity contribution in [1.29, 1.82) is 0 Å². The Labute approximate surface area is 107 Å². The molecule has 1 aliphatic rings. The van der Waals surface area contributed by atoms with E-state index in [1.54, 1.807) is 11.3 Å². The van der Waals surface area contributed by atoms with Gasteiger partial charge in [0.2, 0.25) is 0 Å². The number of rotatable bonds is 2. The highest BCUT2D eigenvalue weighted by molar-refractivity contribution is 5.75. The van der Waals surface area contributed by atoms with Crippen molar-refractivity contribution in [2.45, 2.75) is 39.5 Å². The Morgan fingerprint density at radius 2 is 2.11 bits per heavy atom. The first-order valence-corrected chi connectivity index (χ1v) is 6.43. The summed E-state index contributed by atoms with van der Waals surface area (Å²) >= 11 is 0. The molecular weight excluding hydrogens is 230 g/mol. The van der Waals surface area contributed by atoms with Gasteiger partial charge in [0.15, 0.2) is 0 Å². The number of aromatic nitrogens is 2. The van der Waals surface area contributed by atoms with Crippen molar-refractivity contribution in [2.24, 2.45) is 5.41 Å². The van der Waals surface area contributed by atoms with Gasteiger partial charge in [0.05, 0.1) is 5.41 Å². The number of H-pyrrole nitrogens is 1. The van der Waals surface area contributed by atoms with Gasteiger partial charge in [-0.3, -0.25) is 5.10 Å². The Bertz CT molecular complexity index is 387. The van der Waals surface area contributed by atoms with Crippen LogP contribution < -0.4 is 0 Å². The van der Waals surface area contributed by atoms with E-state index in [1.165, 1.54) is 5.69 Å². The van der Waals surface area contributed by atoms with E-state index in [9.17, 15) is 4.79 Å². The average Bonchev–Trinajstić information content (AvgIpc) is 2.82. The Hall–Kier alpha value is -1.36. The van der Waals surface area contributed by atoms with Crippen LogP contribution in [-0.4, -0.2) is 34.3 Å². The number of nitrogens with zero attached hydrogens (tertiary/aromatic N) is 2. The predicted molar refractivity (Wildman–Crippen MR) is 67.7 cm³/mol. The molecule has 1 fully saturated rings. The summed E-state index contributed by atoms with van der Waals surface area (Å²) in [6, 6.07) is 2.02. The minimum atomic E-state index is -0.444. The molecule has 5 nitrogen and oxygen atoms in total. The topological polar surface area (TPSA) is 58.2 Å². The lowest BCUT2D eigenvalue weighted by Crippen LogP contribution is -2.38. The van der Waals surface area contributed by atoms with E-state index in [0.717, 1.165) is 25.9 Å². The van der Waals surface area contributed by atoms with Crippen LogP contribution in [0.2, 0.25) is 0 Å². The van der Waals surface area contributed by atoms with Gasteiger partial charge in [-0.05, 0) is 39.7 Å². The zero-order valence-corrected chi connectivity index (χ0v) is 11.3. The summed E-state index contributed by atoms with van der Waals surface area (Å²) in [5, 5.41) is 8.76. The molecule has 100 valence electrons. The van der Waals surface area contributed by atoms with Gasteiger partial charge in [-0.25, -0.2) is 4.79 Å². The fourth-order valence-electron chi connectivity index (χ4n) is 2.01. The van der Waals surface area contributed by atoms with E-state index in [2.05, 4.69) is 10.2 Å². The van der Waals surface area contributed by atoms with Crippen molar-refractivity contribution < 1.29 is 9.63 Å². The Kier molecular flexibility index (Phi) is 3.71. The lowest BCUT2D eigenvalue weighted by atomic mass is 9.94. The minimum absolute atomic E-state index is 0.164. The molecule has 18 heavy (non-hydrogen) atoms. The highest BCUT2D eigenvalue weighted by atomic mass is 16.7. The number of carbonyl (C=O) groups excluding carboxylic acids is 1. The summed E-state index contributed by atoms with van der Waals surface area (Å²) in [5.41, 5.74) is 0.733. The Morgan fingerprint density at radius 3 is 2.61 bits per heavy atom. The molecule has 0 atom stereocenters. The minimum Gasteiger partial charge on any atom is -0.367 e. The molecule has 1 N–H and O–H groups in total. The van der Waals surface area contributed by atoms with Gasteiger partial charge in [-0.1, -0.05) is 0 Å². The second kappa shape index (κ2) is 5.10. The van der Waals surface area contributed by atoms with Crippen LogP contribution in [0.25, 0.3) is 0 Å². The summed E-state index contributed by atoms with van der Waals surface area (Å²) in [5.74, 6) is 0.333. The number of hydrogen-bond donors (Lipinski definition) is 1. The largest absolute Gasteiger partial charge is 0.367 e. The number of hydroxylamine groups is 2. The molecule has 0 aliphatic carbocycles. The van der Waals surface area contributed by atoms with Crippen LogP contribution in [0, 0.1) is 5.41 Å². The van der Waals surface area contributed by atoms with Crippen LogP contribution in [0.5, 0.6) is 0 Å². The molecule has 1 saturated heterocycles. The van der Waals surface area contributed by atoms with Crippen molar-refractivity contribution in [3.63, 3.8) is 0 Å². The molecule has 5 heteroatoms. The first kappa shape index (κ1) is 13.1. The SMILES string of the molecule is CC(C)(C)C(=O)ON1CCC(c2ccn[nH]2)CC1. The molecule has 0 unspecified atom stereocenters. The second-order valence-electron chi connectivity index (χ2n) is 5.84. The third-order valence-electron chi connectivity index (χ3n) is 3.24. The highest BCUT2D eigenvalue weighted by Crippen LogP contribution is 2.27. The molecule has 0 amide bonds. The lowest BCUT2D eigenvalue weighted by molar-refractivity contribution is -0.204. The third kappa shape index (κ3) is 3.10. The summed E-state index contributed by atoms with van der Waals surface area (Å²) in [6.07, 6.45) is 3.75. The molecule has 2 rings (SSSR count). The van der Waals surface area contributed by atoms with Crippen LogP contribution in [0.4, 0.5) is 0 Å². The zero-order valence-electron chi connectivity index (χ0n) is 11.3. The highest BCUT2D eigenvalue weighted by Gasteiger charge is 2.28. The van der Waals surface area contributed by atoms with Gasteiger partial charge in [-0.15, -0.1) is 5.06 Å². The van der Waals surface area contributed by atoms with E-state index in [4.69, 9.17) is 4.84 Å². The number of carbonyl (C=O) groups is 1. The molecule has 0 radical (unpaired) electrons. The number of hydrogen-bond acceptors (Lipinski definition) is 4. The maximum Gasteiger partial charge on any atom is 0.330 e. The fourth-order valence-corrected chi connectivity index (χ4v) is 2.01. The molecule has 0 spiro atoms. The van der Waals surface area contributed by atoms with Crippen molar-refractivity contribution in [3.8, 4) is 0 Å². The first-order chi connectivity index (χ1) is 8.47. The van der Waals surface area contributed by atoms with Crippen LogP contribution in [0.15, 0.2) is 12.3 Å². The summed E-state index contributed by atoms with van der Waals surface area (Å²) in [7, 11) is 0. The van der Waals surface area contributed by atoms with E-state index in [1.807, 2.05) is 26.8 Å². The second-order valence-corrected chi connectivity index (χ2v) is 5.84. The Morgan fingerprint density at radius 1 is 1.44 bits per heavy atom. The molecule has 1 aromatic heterocycles. The molecule has 2 heterocycles. The molecule has 0 bridgehead atoms. The number of aromatic amines is 1. The van der Waals surface area contributed by atoms with Gasteiger partial charge >= 0.3 is 5.97 Å². The lowest BCUT2D eigenvalue weighted by Gasteiger charge is -2.31. The molecule has 0 aromatic carbocycles. The quantitative estimate of drug-likeness (QED) is 0.874. The van der Waals surface area contributed by atoms with E-state index in [-0.39, 0.29) is 5.97 Å². The summed E-state index contributed by atoms with van der Waals surface area (Å²) in [6.45, 7) is 7.17. The standard InChI is InChI=1S/C13H21N3O2/c1-13(2,3)12(17)18-16-8-5-10(6-9-16)11-4-7-14-15-11/h4,7,10H,5-6,8-9H2,1-3H3,(H,14,15). The maximum absolute atomic E-state index is 11.8. The predicted octanol–water partition coefficient (Wildman–Crippen LogP) is 2.09. The molecule has 1 aliphatic heterocycles. The zero-order chi connectivity index (χ0) is 13.2. The smallest absolute Gasteiger partial charge is 0.330 e. The monoisotopic (exact) mass is 251 g/mol. The van der Waals surface area contributed by atoms with Gasteiger partial charge in [-0.2, -0.15) is 5.10 Å². The normalized spacial score (nSPS) is 18.8. The van der Waals surface area contributed by atoms with Gasteiger partial charge in [0.1, 0.15) is 0 Å². The van der Waals surface area contributed by atoms with Crippen LogP contribution in [0.3, 0.4) is 0 Å². The van der Waals surface area contributed by atoms with Crippen LogP contribution in [0.1, 0.15) is 45.2 Å². The van der Waals surface area contributed by atoms with Crippen LogP contribution in [-0.2, 0) is 9.63 Å². The van der Waals surface area contributed by atoms with Gasteiger partial charge in [0.25, 0.3) is 0 Å². The maximum atomic E-state index is 11.8. The van der Waals surface area contributed by atoms with E-state index < -0.39 is 5.41 Å². The fraction of sp³-hybridized carbons (Fsp3) is 0.692. The van der Waals surface area contributed by atoms with E-state index in [0.29, 0.717) is 5.92 Å². The van der Waals surface area contributed by atoms with Crippen molar-refractivity contribution in [2.75, 3.05) is 13.1 Å². The summed E-state index contributed by atoms with van der Waals surface area (Å²) < 4.78 is 0.